The van der Waals surface area contributed by atoms with E-state index in [-0.39, 0.29) is 5.91 Å². The van der Waals surface area contributed by atoms with Crippen LogP contribution in [0.3, 0.4) is 0 Å². The van der Waals surface area contributed by atoms with Crippen molar-refractivity contribution in [3.05, 3.63) is 12.3 Å². The summed E-state index contributed by atoms with van der Waals surface area (Å²) in [5, 5.41) is 2.85. The van der Waals surface area contributed by atoms with Gasteiger partial charge >= 0.3 is 0 Å². The SMILES string of the molecule is CNc1nccc(N(C)CC(=O)N(C)C)n1. The fourth-order valence-corrected chi connectivity index (χ4v) is 1.11. The van der Waals surface area contributed by atoms with E-state index in [0.29, 0.717) is 12.5 Å². The van der Waals surface area contributed by atoms with Crippen LogP contribution in [0.15, 0.2) is 12.3 Å². The van der Waals surface area contributed by atoms with Gasteiger partial charge in [-0.3, -0.25) is 4.79 Å². The predicted molar refractivity (Wildman–Crippen MR) is 63.5 cm³/mol. The van der Waals surface area contributed by atoms with E-state index >= 15 is 0 Å². The number of likely N-dealkylation sites (N-methyl/N-ethyl adjacent to an activating group) is 2. The third kappa shape index (κ3) is 3.08. The number of nitrogens with one attached hydrogen (secondary N) is 1. The quantitative estimate of drug-likeness (QED) is 0.781. The minimum absolute atomic E-state index is 0.0344. The van der Waals surface area contributed by atoms with Crippen LogP contribution in [-0.2, 0) is 4.79 Å². The summed E-state index contributed by atoms with van der Waals surface area (Å²) in [5.41, 5.74) is 0. The highest BCUT2D eigenvalue weighted by Gasteiger charge is 2.10. The second kappa shape index (κ2) is 5.29. The number of hydrogen-bond acceptors (Lipinski definition) is 5. The zero-order valence-corrected chi connectivity index (χ0v) is 10.1. The summed E-state index contributed by atoms with van der Waals surface area (Å²) in [4.78, 5) is 23.1. The molecule has 16 heavy (non-hydrogen) atoms. The second-order valence-corrected chi connectivity index (χ2v) is 3.63. The van der Waals surface area contributed by atoms with Crippen molar-refractivity contribution in [1.29, 1.82) is 0 Å². The number of anilines is 2. The lowest BCUT2D eigenvalue weighted by Gasteiger charge is -2.20. The average molecular weight is 223 g/mol. The van der Waals surface area contributed by atoms with Gasteiger partial charge in [0, 0.05) is 34.4 Å². The maximum Gasteiger partial charge on any atom is 0.241 e. The fraction of sp³-hybridized carbons (Fsp3) is 0.500. The molecule has 6 nitrogen and oxygen atoms in total. The highest BCUT2D eigenvalue weighted by molar-refractivity contribution is 5.80. The normalized spacial score (nSPS) is 9.75. The standard InChI is InChI=1S/C10H17N5O/c1-11-10-12-6-5-8(13-10)15(4)7-9(16)14(2)3/h5-6H,7H2,1-4H3,(H,11,12,13). The van der Waals surface area contributed by atoms with Crippen LogP contribution in [-0.4, -0.2) is 55.5 Å². The first-order valence-corrected chi connectivity index (χ1v) is 4.96. The lowest BCUT2D eigenvalue weighted by atomic mass is 10.4. The highest BCUT2D eigenvalue weighted by Crippen LogP contribution is 2.09. The van der Waals surface area contributed by atoms with E-state index in [1.807, 2.05) is 7.05 Å². The molecule has 0 aliphatic heterocycles. The molecule has 88 valence electrons. The van der Waals surface area contributed by atoms with E-state index in [1.165, 1.54) is 0 Å². The van der Waals surface area contributed by atoms with Crippen molar-refractivity contribution in [3.8, 4) is 0 Å². The Kier molecular flexibility index (Phi) is 4.04. The zero-order chi connectivity index (χ0) is 12.1. The molecule has 1 aromatic heterocycles. The molecule has 6 heteroatoms. The molecule has 0 saturated carbocycles. The van der Waals surface area contributed by atoms with Crippen LogP contribution in [0.5, 0.6) is 0 Å². The van der Waals surface area contributed by atoms with Crippen LogP contribution in [0, 0.1) is 0 Å². The maximum absolute atomic E-state index is 11.5. The van der Waals surface area contributed by atoms with Gasteiger partial charge in [-0.2, -0.15) is 4.98 Å². The van der Waals surface area contributed by atoms with Crippen molar-refractivity contribution >= 4 is 17.7 Å². The van der Waals surface area contributed by atoms with Gasteiger partial charge in [-0.05, 0) is 6.07 Å². The molecule has 1 N–H and O–H groups in total. The summed E-state index contributed by atoms with van der Waals surface area (Å²) < 4.78 is 0. The fourth-order valence-electron chi connectivity index (χ4n) is 1.11. The third-order valence-electron chi connectivity index (χ3n) is 2.13. The van der Waals surface area contributed by atoms with Gasteiger partial charge in [0.15, 0.2) is 0 Å². The first kappa shape index (κ1) is 12.2. The molecular weight excluding hydrogens is 206 g/mol. The minimum Gasteiger partial charge on any atom is -0.357 e. The Morgan fingerprint density at radius 2 is 2.12 bits per heavy atom. The van der Waals surface area contributed by atoms with E-state index in [1.54, 1.807) is 43.2 Å². The van der Waals surface area contributed by atoms with Gasteiger partial charge < -0.3 is 15.1 Å². The maximum atomic E-state index is 11.5. The number of hydrogen-bond donors (Lipinski definition) is 1. The van der Waals surface area contributed by atoms with Crippen LogP contribution in [0.1, 0.15) is 0 Å². The molecule has 0 fully saturated rings. The molecule has 0 unspecified atom stereocenters. The van der Waals surface area contributed by atoms with Gasteiger partial charge in [0.2, 0.25) is 11.9 Å². The smallest absolute Gasteiger partial charge is 0.241 e. The first-order valence-electron chi connectivity index (χ1n) is 4.96. The van der Waals surface area contributed by atoms with Crippen LogP contribution in [0.2, 0.25) is 0 Å². The number of aromatic nitrogens is 2. The van der Waals surface area contributed by atoms with Crippen molar-refractivity contribution < 1.29 is 4.79 Å². The third-order valence-corrected chi connectivity index (χ3v) is 2.13. The minimum atomic E-state index is 0.0344. The molecule has 0 aliphatic carbocycles. The lowest BCUT2D eigenvalue weighted by Crippen LogP contribution is -2.34. The number of carbonyl (C=O) groups excluding carboxylic acids is 1. The molecular formula is C10H17N5O. The van der Waals surface area contributed by atoms with Gasteiger partial charge in [-0.15, -0.1) is 0 Å². The summed E-state index contributed by atoms with van der Waals surface area (Å²) in [5.74, 6) is 1.29. The molecule has 0 aromatic carbocycles. The van der Waals surface area contributed by atoms with E-state index in [2.05, 4.69) is 15.3 Å². The number of carbonyl (C=O) groups is 1. The van der Waals surface area contributed by atoms with Gasteiger partial charge in [-0.25, -0.2) is 4.98 Å². The van der Waals surface area contributed by atoms with Gasteiger partial charge in [0.25, 0.3) is 0 Å². The summed E-state index contributed by atoms with van der Waals surface area (Å²) in [6.07, 6.45) is 1.66. The Morgan fingerprint density at radius 1 is 1.44 bits per heavy atom. The zero-order valence-electron chi connectivity index (χ0n) is 10.1. The van der Waals surface area contributed by atoms with Crippen LogP contribution in [0.25, 0.3) is 0 Å². The first-order chi connectivity index (χ1) is 7.54. The van der Waals surface area contributed by atoms with Crippen molar-refractivity contribution in [2.24, 2.45) is 0 Å². The Hall–Kier alpha value is -1.85. The summed E-state index contributed by atoms with van der Waals surface area (Å²) in [6, 6.07) is 1.77. The van der Waals surface area contributed by atoms with Crippen molar-refractivity contribution in [2.75, 3.05) is 45.0 Å². The average Bonchev–Trinajstić information content (AvgIpc) is 2.28. The summed E-state index contributed by atoms with van der Waals surface area (Å²) >= 11 is 0. The molecule has 0 spiro atoms. The Bertz CT molecular complexity index is 366. The largest absolute Gasteiger partial charge is 0.357 e. The molecule has 1 aromatic rings. The van der Waals surface area contributed by atoms with E-state index in [0.717, 1.165) is 5.82 Å². The molecule has 0 atom stereocenters. The van der Waals surface area contributed by atoms with Crippen LogP contribution < -0.4 is 10.2 Å². The Labute approximate surface area is 95.3 Å². The molecule has 0 radical (unpaired) electrons. The lowest BCUT2D eigenvalue weighted by molar-refractivity contribution is -0.127. The summed E-state index contributed by atoms with van der Waals surface area (Å²) in [7, 11) is 7.04. The summed E-state index contributed by atoms with van der Waals surface area (Å²) in [6.45, 7) is 0.299. The number of nitrogens with zero attached hydrogens (tertiary/aromatic N) is 4. The number of rotatable bonds is 4. The van der Waals surface area contributed by atoms with E-state index in [4.69, 9.17) is 0 Å². The predicted octanol–water partition coefficient (Wildman–Crippen LogP) is 0.0427. The Morgan fingerprint density at radius 3 is 2.69 bits per heavy atom. The van der Waals surface area contributed by atoms with Crippen molar-refractivity contribution in [1.82, 2.24) is 14.9 Å². The van der Waals surface area contributed by atoms with Gasteiger partial charge in [0.05, 0.1) is 6.54 Å². The Balaban J connectivity index is 2.72. The molecule has 1 rings (SSSR count). The molecule has 1 heterocycles. The van der Waals surface area contributed by atoms with Crippen LogP contribution in [0.4, 0.5) is 11.8 Å². The molecule has 0 saturated heterocycles. The molecule has 1 amide bonds. The second-order valence-electron chi connectivity index (χ2n) is 3.63. The highest BCUT2D eigenvalue weighted by atomic mass is 16.2. The molecule has 0 bridgehead atoms. The van der Waals surface area contributed by atoms with E-state index < -0.39 is 0 Å². The van der Waals surface area contributed by atoms with Gasteiger partial charge in [-0.1, -0.05) is 0 Å². The van der Waals surface area contributed by atoms with Crippen molar-refractivity contribution in [3.63, 3.8) is 0 Å². The van der Waals surface area contributed by atoms with Crippen molar-refractivity contribution in [2.45, 2.75) is 0 Å². The van der Waals surface area contributed by atoms with E-state index in [9.17, 15) is 4.79 Å². The van der Waals surface area contributed by atoms with Crippen LogP contribution >= 0.6 is 0 Å². The monoisotopic (exact) mass is 223 g/mol. The van der Waals surface area contributed by atoms with Gasteiger partial charge in [0.1, 0.15) is 5.82 Å². The topological polar surface area (TPSA) is 61.4 Å². The molecule has 0 aliphatic rings. The number of amides is 1.